The summed E-state index contributed by atoms with van der Waals surface area (Å²) in [5.74, 6) is -3.47. The fourth-order valence-corrected chi connectivity index (χ4v) is 2.82. The number of alkyl halides is 3. The third-order valence-electron chi connectivity index (χ3n) is 1.96. The number of thiophene rings is 1. The van der Waals surface area contributed by atoms with Crippen LogP contribution in [0.15, 0.2) is 15.2 Å². The molecular formula is C9H7BrF3NO3S. The van der Waals surface area contributed by atoms with E-state index >= 15 is 0 Å². The third-order valence-corrected chi connectivity index (χ3v) is 3.71. The summed E-state index contributed by atoms with van der Waals surface area (Å²) in [6.45, 7) is 0. The van der Waals surface area contributed by atoms with E-state index in [1.54, 1.807) is 10.7 Å². The number of aliphatic carboxylic acids is 1. The molecule has 100 valence electrons. The average Bonchev–Trinajstić information content (AvgIpc) is 2.61. The number of hydrogen-bond donors (Lipinski definition) is 2. The van der Waals surface area contributed by atoms with Gasteiger partial charge in [-0.05, 0) is 26.9 Å². The maximum absolute atomic E-state index is 12.1. The first-order valence-corrected chi connectivity index (χ1v) is 6.26. The third kappa shape index (κ3) is 3.98. The van der Waals surface area contributed by atoms with E-state index in [9.17, 15) is 22.8 Å². The van der Waals surface area contributed by atoms with Crippen molar-refractivity contribution in [1.29, 1.82) is 0 Å². The van der Waals surface area contributed by atoms with E-state index in [1.807, 2.05) is 0 Å². The summed E-state index contributed by atoms with van der Waals surface area (Å²) in [6.07, 6.45) is -5.67. The fraction of sp³-hybridized carbons (Fsp3) is 0.333. The Bertz CT molecular complexity index is 460. The Hall–Kier alpha value is -1.09. The van der Waals surface area contributed by atoms with Gasteiger partial charge in [0.1, 0.15) is 0 Å². The van der Waals surface area contributed by atoms with Crippen LogP contribution in [-0.2, 0) is 9.59 Å². The molecule has 1 heterocycles. The fourth-order valence-electron chi connectivity index (χ4n) is 1.19. The van der Waals surface area contributed by atoms with Gasteiger partial charge in [0.2, 0.25) is 0 Å². The monoisotopic (exact) mass is 345 g/mol. The zero-order chi connectivity index (χ0) is 13.9. The van der Waals surface area contributed by atoms with E-state index in [1.165, 1.54) is 16.7 Å². The molecule has 1 aromatic rings. The number of carboxylic acids is 1. The van der Waals surface area contributed by atoms with E-state index in [0.717, 1.165) is 0 Å². The zero-order valence-corrected chi connectivity index (χ0v) is 11.0. The molecule has 1 unspecified atom stereocenters. The summed E-state index contributed by atoms with van der Waals surface area (Å²) in [5.41, 5.74) is 0.306. The van der Waals surface area contributed by atoms with Gasteiger partial charge >= 0.3 is 18.1 Å². The molecule has 0 aliphatic heterocycles. The van der Waals surface area contributed by atoms with Gasteiger partial charge in [-0.1, -0.05) is 0 Å². The number of carbonyl (C=O) groups is 2. The van der Waals surface area contributed by atoms with Gasteiger partial charge in [0, 0.05) is 9.85 Å². The van der Waals surface area contributed by atoms with Crippen molar-refractivity contribution in [1.82, 2.24) is 5.32 Å². The van der Waals surface area contributed by atoms with Crippen LogP contribution in [-0.4, -0.2) is 23.2 Å². The normalized spacial score (nSPS) is 13.1. The molecule has 2 N–H and O–H groups in total. The van der Waals surface area contributed by atoms with Crippen LogP contribution in [0.3, 0.4) is 0 Å². The number of halogens is 4. The maximum Gasteiger partial charge on any atom is 0.471 e. The summed E-state index contributed by atoms with van der Waals surface area (Å²) in [4.78, 5) is 21.4. The van der Waals surface area contributed by atoms with Gasteiger partial charge in [-0.25, -0.2) is 0 Å². The van der Waals surface area contributed by atoms with Gasteiger partial charge in [0.15, 0.2) is 0 Å². The van der Waals surface area contributed by atoms with Crippen LogP contribution in [0, 0.1) is 0 Å². The number of hydrogen-bond acceptors (Lipinski definition) is 3. The van der Waals surface area contributed by atoms with Crippen molar-refractivity contribution in [2.24, 2.45) is 0 Å². The van der Waals surface area contributed by atoms with Crippen LogP contribution in [0.2, 0.25) is 0 Å². The van der Waals surface area contributed by atoms with Gasteiger partial charge in [0.25, 0.3) is 0 Å². The molecule has 0 bridgehead atoms. The number of nitrogens with one attached hydrogen (secondary N) is 1. The first-order valence-electron chi connectivity index (χ1n) is 4.53. The second-order valence-electron chi connectivity index (χ2n) is 3.30. The highest BCUT2D eigenvalue weighted by Crippen LogP contribution is 2.30. The molecule has 0 aliphatic carbocycles. The molecule has 0 saturated heterocycles. The zero-order valence-electron chi connectivity index (χ0n) is 8.62. The Morgan fingerprint density at radius 2 is 2.06 bits per heavy atom. The highest BCUT2D eigenvalue weighted by Gasteiger charge is 2.40. The van der Waals surface area contributed by atoms with Crippen molar-refractivity contribution in [3.05, 3.63) is 20.8 Å². The van der Waals surface area contributed by atoms with Crippen molar-refractivity contribution < 1.29 is 27.9 Å². The van der Waals surface area contributed by atoms with Crippen molar-refractivity contribution in [3.8, 4) is 0 Å². The predicted molar refractivity (Wildman–Crippen MR) is 61.2 cm³/mol. The second kappa shape index (κ2) is 5.70. The number of rotatable bonds is 4. The molecule has 1 aromatic heterocycles. The highest BCUT2D eigenvalue weighted by atomic mass is 79.9. The molecule has 0 radical (unpaired) electrons. The van der Waals surface area contributed by atoms with E-state index in [-0.39, 0.29) is 0 Å². The van der Waals surface area contributed by atoms with Crippen LogP contribution in [0.25, 0.3) is 0 Å². The Morgan fingerprint density at radius 3 is 2.44 bits per heavy atom. The summed E-state index contributed by atoms with van der Waals surface area (Å²) < 4.78 is 36.8. The lowest BCUT2D eigenvalue weighted by molar-refractivity contribution is -0.174. The summed E-state index contributed by atoms with van der Waals surface area (Å²) in [7, 11) is 0. The molecule has 0 spiro atoms. The van der Waals surface area contributed by atoms with Crippen molar-refractivity contribution in [2.75, 3.05) is 0 Å². The van der Waals surface area contributed by atoms with Crippen LogP contribution in [0.5, 0.6) is 0 Å². The molecule has 1 atom stereocenters. The number of amides is 1. The summed E-state index contributed by atoms with van der Waals surface area (Å²) >= 11 is 4.27. The first kappa shape index (κ1) is 15.0. The Balaban J connectivity index is 2.90. The summed E-state index contributed by atoms with van der Waals surface area (Å²) in [6, 6.07) is -1.22. The van der Waals surface area contributed by atoms with Gasteiger partial charge < -0.3 is 10.4 Å². The molecule has 0 aromatic carbocycles. The van der Waals surface area contributed by atoms with Crippen molar-refractivity contribution in [3.63, 3.8) is 0 Å². The van der Waals surface area contributed by atoms with Gasteiger partial charge in [0.05, 0.1) is 12.5 Å². The summed E-state index contributed by atoms with van der Waals surface area (Å²) in [5, 5.41) is 13.4. The predicted octanol–water partition coefficient (Wildman–Crippen LogP) is 2.70. The lowest BCUT2D eigenvalue weighted by Crippen LogP contribution is -2.39. The molecule has 1 rings (SSSR count). The van der Waals surface area contributed by atoms with E-state index in [2.05, 4.69) is 15.9 Å². The molecule has 0 saturated carbocycles. The van der Waals surface area contributed by atoms with Crippen LogP contribution >= 0.6 is 27.3 Å². The van der Waals surface area contributed by atoms with Crippen LogP contribution in [0.1, 0.15) is 18.0 Å². The smallest absolute Gasteiger partial charge is 0.471 e. The van der Waals surface area contributed by atoms with Crippen molar-refractivity contribution >= 4 is 39.1 Å². The van der Waals surface area contributed by atoms with Crippen molar-refractivity contribution in [2.45, 2.75) is 18.6 Å². The molecule has 9 heteroatoms. The minimum Gasteiger partial charge on any atom is -0.481 e. The van der Waals surface area contributed by atoms with Crippen LogP contribution < -0.4 is 5.32 Å². The quantitative estimate of drug-likeness (QED) is 0.881. The minimum absolute atomic E-state index is 0.306. The SMILES string of the molecule is O=C(O)CC(NC(=O)C(F)(F)F)c1cscc1Br. The molecule has 1 amide bonds. The maximum atomic E-state index is 12.1. The van der Waals surface area contributed by atoms with Gasteiger partial charge in [-0.15, -0.1) is 0 Å². The Kier molecular flexibility index (Phi) is 4.74. The average molecular weight is 346 g/mol. The van der Waals surface area contributed by atoms with Gasteiger partial charge in [-0.2, -0.15) is 24.5 Å². The number of carboxylic acid groups (broad SMARTS) is 1. The minimum atomic E-state index is -5.04. The molecule has 4 nitrogen and oxygen atoms in total. The molecule has 0 aliphatic rings. The first-order chi connectivity index (χ1) is 8.21. The lowest BCUT2D eigenvalue weighted by atomic mass is 10.1. The molecular weight excluding hydrogens is 339 g/mol. The number of carbonyl (C=O) groups excluding carboxylic acids is 1. The van der Waals surface area contributed by atoms with Crippen LogP contribution in [0.4, 0.5) is 13.2 Å². The van der Waals surface area contributed by atoms with E-state index < -0.39 is 30.5 Å². The molecule has 0 fully saturated rings. The Labute approximate surface area is 112 Å². The standard InChI is InChI=1S/C9H7BrF3NO3S/c10-5-3-18-2-4(5)6(1-7(15)16)14-8(17)9(11,12)13/h2-3,6H,1H2,(H,14,17)(H,15,16). The topological polar surface area (TPSA) is 66.4 Å². The largest absolute Gasteiger partial charge is 0.481 e. The highest BCUT2D eigenvalue weighted by molar-refractivity contribution is 9.10. The van der Waals surface area contributed by atoms with E-state index in [4.69, 9.17) is 5.11 Å². The lowest BCUT2D eigenvalue weighted by Gasteiger charge is -2.17. The molecule has 18 heavy (non-hydrogen) atoms. The second-order valence-corrected chi connectivity index (χ2v) is 4.89. The van der Waals surface area contributed by atoms with Gasteiger partial charge in [-0.3, -0.25) is 9.59 Å². The van der Waals surface area contributed by atoms with E-state index in [0.29, 0.717) is 10.0 Å². The Morgan fingerprint density at radius 1 is 1.44 bits per heavy atom.